The average molecular weight is 273 g/mol. The molecule has 1 rings (SSSR count). The third-order valence-electron chi connectivity index (χ3n) is 2.83. The van der Waals surface area contributed by atoms with Crippen LogP contribution in [0.4, 0.5) is 0 Å². The molecule has 3 heteroatoms. The monoisotopic (exact) mass is 272 g/mol. The highest BCUT2D eigenvalue weighted by molar-refractivity contribution is 6.35. The number of rotatable bonds is 5. The van der Waals surface area contributed by atoms with Gasteiger partial charge in [-0.15, -0.1) is 0 Å². The predicted molar refractivity (Wildman–Crippen MR) is 75.5 cm³/mol. The van der Waals surface area contributed by atoms with Crippen LogP contribution in [0.5, 0.6) is 5.75 Å². The van der Waals surface area contributed by atoms with E-state index in [2.05, 4.69) is 19.1 Å². The number of allylic oxidation sites excluding steroid dienone is 2. The van der Waals surface area contributed by atoms with Crippen LogP contribution in [0.1, 0.15) is 38.2 Å². The van der Waals surface area contributed by atoms with Gasteiger partial charge in [0.1, 0.15) is 5.75 Å². The van der Waals surface area contributed by atoms with Crippen molar-refractivity contribution in [2.45, 2.75) is 32.6 Å². The lowest BCUT2D eigenvalue weighted by Crippen LogP contribution is -2.00. The second-order valence-corrected chi connectivity index (χ2v) is 4.76. The summed E-state index contributed by atoms with van der Waals surface area (Å²) >= 11 is 12.2. The van der Waals surface area contributed by atoms with Crippen LogP contribution < -0.4 is 4.74 Å². The maximum absolute atomic E-state index is 6.14. The Kier molecular flexibility index (Phi) is 5.87. The number of hydrogen-bond acceptors (Lipinski definition) is 1. The molecule has 0 saturated carbocycles. The molecule has 0 fully saturated rings. The highest BCUT2D eigenvalue weighted by atomic mass is 35.5. The van der Waals surface area contributed by atoms with E-state index in [4.69, 9.17) is 27.9 Å². The van der Waals surface area contributed by atoms with Crippen LogP contribution in [-0.2, 0) is 0 Å². The first kappa shape index (κ1) is 14.4. The van der Waals surface area contributed by atoms with Gasteiger partial charge >= 0.3 is 0 Å². The summed E-state index contributed by atoms with van der Waals surface area (Å²) in [5.41, 5.74) is 1.09. The minimum absolute atomic E-state index is 0.386. The maximum Gasteiger partial charge on any atom is 0.141 e. The molecule has 0 aliphatic rings. The molecule has 0 heterocycles. The van der Waals surface area contributed by atoms with Gasteiger partial charge < -0.3 is 4.74 Å². The smallest absolute Gasteiger partial charge is 0.141 e. The van der Waals surface area contributed by atoms with Gasteiger partial charge in [0.15, 0.2) is 0 Å². The van der Waals surface area contributed by atoms with Crippen molar-refractivity contribution in [3.8, 4) is 5.75 Å². The van der Waals surface area contributed by atoms with Crippen LogP contribution in [0, 0.1) is 0 Å². The molecule has 1 unspecified atom stereocenters. The number of methoxy groups -OCH3 is 1. The Labute approximate surface area is 113 Å². The van der Waals surface area contributed by atoms with E-state index >= 15 is 0 Å². The van der Waals surface area contributed by atoms with Gasteiger partial charge in [0.05, 0.1) is 12.1 Å². The molecule has 0 aromatic heterocycles. The lowest BCUT2D eigenvalue weighted by Gasteiger charge is -2.18. The predicted octanol–water partition coefficient (Wildman–Crippen LogP) is 5.46. The van der Waals surface area contributed by atoms with Crippen molar-refractivity contribution in [2.24, 2.45) is 0 Å². The molecule has 1 aromatic carbocycles. The van der Waals surface area contributed by atoms with Crippen LogP contribution in [0.25, 0.3) is 0 Å². The van der Waals surface area contributed by atoms with Gasteiger partial charge in [0, 0.05) is 10.6 Å². The van der Waals surface area contributed by atoms with Crippen LogP contribution in [0.3, 0.4) is 0 Å². The normalized spacial score (nSPS) is 13.0. The highest BCUT2D eigenvalue weighted by Gasteiger charge is 2.17. The Bertz CT molecular complexity index is 399. The number of ether oxygens (including phenoxy) is 1. The van der Waals surface area contributed by atoms with Gasteiger partial charge in [-0.3, -0.25) is 0 Å². The van der Waals surface area contributed by atoms with E-state index in [1.165, 1.54) is 0 Å². The fourth-order valence-corrected chi connectivity index (χ4v) is 2.50. The van der Waals surface area contributed by atoms with Crippen molar-refractivity contribution in [1.29, 1.82) is 0 Å². The zero-order valence-corrected chi connectivity index (χ0v) is 12.0. The fourth-order valence-electron chi connectivity index (χ4n) is 1.91. The Balaban J connectivity index is 3.16. The van der Waals surface area contributed by atoms with Gasteiger partial charge in [0.2, 0.25) is 0 Å². The van der Waals surface area contributed by atoms with Crippen molar-refractivity contribution < 1.29 is 4.74 Å². The minimum atomic E-state index is 0.386. The third kappa shape index (κ3) is 3.65. The van der Waals surface area contributed by atoms with Gasteiger partial charge in [-0.2, -0.15) is 0 Å². The highest BCUT2D eigenvalue weighted by Crippen LogP contribution is 2.39. The third-order valence-corrected chi connectivity index (χ3v) is 3.33. The van der Waals surface area contributed by atoms with E-state index in [0.717, 1.165) is 24.2 Å². The molecular formula is C14H18Cl2O. The Morgan fingerprint density at radius 2 is 2.06 bits per heavy atom. The van der Waals surface area contributed by atoms with E-state index in [1.54, 1.807) is 13.2 Å². The molecule has 0 spiro atoms. The molecule has 0 N–H and O–H groups in total. The van der Waals surface area contributed by atoms with Crippen LogP contribution in [-0.4, -0.2) is 7.11 Å². The van der Waals surface area contributed by atoms with Crippen molar-refractivity contribution >= 4 is 23.2 Å². The standard InChI is InChI=1S/C14H18Cl2O/c1-4-6-7-10(5-2)12-8-11(15)9-13(16)14(12)17-3/h4,6,8-10H,5,7H2,1-3H3/b6-4-. The molecule has 1 aromatic rings. The second kappa shape index (κ2) is 6.93. The Hall–Kier alpha value is -0.660. The molecule has 0 radical (unpaired) electrons. The first-order valence-electron chi connectivity index (χ1n) is 5.78. The lowest BCUT2D eigenvalue weighted by molar-refractivity contribution is 0.405. The van der Waals surface area contributed by atoms with Gasteiger partial charge in [0.25, 0.3) is 0 Å². The minimum Gasteiger partial charge on any atom is -0.495 e. The van der Waals surface area contributed by atoms with Gasteiger partial charge in [-0.05, 0) is 37.8 Å². The summed E-state index contributed by atoms with van der Waals surface area (Å²) in [5, 5.41) is 1.23. The summed E-state index contributed by atoms with van der Waals surface area (Å²) in [6, 6.07) is 3.66. The molecule has 0 saturated heterocycles. The van der Waals surface area contributed by atoms with Gasteiger partial charge in [-0.25, -0.2) is 0 Å². The molecule has 0 bridgehead atoms. The van der Waals surface area contributed by atoms with Crippen molar-refractivity contribution in [1.82, 2.24) is 0 Å². The van der Waals surface area contributed by atoms with E-state index in [9.17, 15) is 0 Å². The first-order valence-corrected chi connectivity index (χ1v) is 6.53. The van der Waals surface area contributed by atoms with Crippen LogP contribution >= 0.6 is 23.2 Å². The van der Waals surface area contributed by atoms with E-state index in [1.807, 2.05) is 13.0 Å². The number of halogens is 2. The molecule has 0 aliphatic heterocycles. The lowest BCUT2D eigenvalue weighted by atomic mass is 9.92. The molecule has 94 valence electrons. The van der Waals surface area contributed by atoms with E-state index < -0.39 is 0 Å². The molecule has 1 nitrogen and oxygen atoms in total. The summed E-state index contributed by atoms with van der Waals surface area (Å²) < 4.78 is 5.38. The SMILES string of the molecule is C/C=C\CC(CC)c1cc(Cl)cc(Cl)c1OC. The van der Waals surface area contributed by atoms with Crippen molar-refractivity contribution in [3.05, 3.63) is 39.9 Å². The van der Waals surface area contributed by atoms with Gasteiger partial charge in [-0.1, -0.05) is 42.3 Å². The Morgan fingerprint density at radius 3 is 2.59 bits per heavy atom. The zero-order valence-electron chi connectivity index (χ0n) is 10.5. The molecule has 0 amide bonds. The summed E-state index contributed by atoms with van der Waals surface area (Å²) in [6.07, 6.45) is 6.21. The quantitative estimate of drug-likeness (QED) is 0.647. The number of hydrogen-bond donors (Lipinski definition) is 0. The zero-order chi connectivity index (χ0) is 12.8. The molecule has 17 heavy (non-hydrogen) atoms. The summed E-state index contributed by atoms with van der Waals surface area (Å²) in [4.78, 5) is 0. The summed E-state index contributed by atoms with van der Waals surface area (Å²) in [5.74, 6) is 1.13. The summed E-state index contributed by atoms with van der Waals surface area (Å²) in [7, 11) is 1.64. The molecular weight excluding hydrogens is 255 g/mol. The van der Waals surface area contributed by atoms with E-state index in [-0.39, 0.29) is 0 Å². The first-order chi connectivity index (χ1) is 8.13. The summed E-state index contributed by atoms with van der Waals surface area (Å²) in [6.45, 7) is 4.18. The topological polar surface area (TPSA) is 9.23 Å². The fraction of sp³-hybridized carbons (Fsp3) is 0.429. The van der Waals surface area contributed by atoms with Crippen LogP contribution in [0.2, 0.25) is 10.0 Å². The maximum atomic E-state index is 6.14. The van der Waals surface area contributed by atoms with Crippen molar-refractivity contribution in [3.63, 3.8) is 0 Å². The molecule has 0 aliphatic carbocycles. The van der Waals surface area contributed by atoms with Crippen LogP contribution in [0.15, 0.2) is 24.3 Å². The van der Waals surface area contributed by atoms with E-state index in [0.29, 0.717) is 16.0 Å². The second-order valence-electron chi connectivity index (χ2n) is 3.92. The molecule has 1 atom stereocenters. The largest absolute Gasteiger partial charge is 0.495 e. The average Bonchev–Trinajstić information content (AvgIpc) is 2.29. The van der Waals surface area contributed by atoms with Crippen molar-refractivity contribution in [2.75, 3.05) is 7.11 Å². The number of benzene rings is 1. The Morgan fingerprint density at radius 1 is 1.35 bits per heavy atom.